The Labute approximate surface area is 170 Å². The molecule has 1 aliphatic rings. The van der Waals surface area contributed by atoms with Crippen molar-refractivity contribution in [1.82, 2.24) is 15.3 Å². The fourth-order valence-electron chi connectivity index (χ4n) is 3.01. The summed E-state index contributed by atoms with van der Waals surface area (Å²) in [4.78, 5) is 61.1. The topological polar surface area (TPSA) is 150 Å². The van der Waals surface area contributed by atoms with Crippen LogP contribution in [-0.4, -0.2) is 50.9 Å². The number of primary amides is 1. The normalized spacial score (nSPS) is 13.5. The number of hydrogen-bond acceptors (Lipinski definition) is 5. The number of urea groups is 1. The molecule has 30 heavy (non-hydrogen) atoms. The fraction of sp³-hybridized carbons (Fsp3) is 0.150. The Morgan fingerprint density at radius 2 is 1.50 bits per heavy atom. The monoisotopic (exact) mass is 410 g/mol. The number of rotatable bonds is 7. The molecule has 0 bridgehead atoms. The number of fused-ring (bicyclic) bond motifs is 1. The predicted octanol–water partition coefficient (Wildman–Crippen LogP) is 0.738. The molecule has 10 nitrogen and oxygen atoms in total. The molecule has 0 radical (unpaired) electrons. The van der Waals surface area contributed by atoms with Crippen LogP contribution < -0.4 is 11.1 Å². The van der Waals surface area contributed by atoms with Crippen molar-refractivity contribution in [3.05, 3.63) is 71.3 Å². The number of carbonyl (C=O) groups is 5. The summed E-state index contributed by atoms with van der Waals surface area (Å²) in [6.07, 6.45) is -0.650. The van der Waals surface area contributed by atoms with E-state index in [0.717, 1.165) is 5.01 Å². The number of amides is 5. The second-order valence-corrected chi connectivity index (χ2v) is 6.52. The van der Waals surface area contributed by atoms with Gasteiger partial charge in [-0.25, -0.2) is 14.6 Å². The molecular weight excluding hydrogens is 392 g/mol. The van der Waals surface area contributed by atoms with Gasteiger partial charge in [0.2, 0.25) is 5.91 Å². The molecular formula is C20H18N4O6. The Morgan fingerprint density at radius 3 is 2.00 bits per heavy atom. The van der Waals surface area contributed by atoms with Gasteiger partial charge >= 0.3 is 12.0 Å². The summed E-state index contributed by atoms with van der Waals surface area (Å²) in [5.41, 5.74) is 5.88. The van der Waals surface area contributed by atoms with Gasteiger partial charge in [-0.15, -0.1) is 0 Å². The largest absolute Gasteiger partial charge is 0.480 e. The van der Waals surface area contributed by atoms with E-state index < -0.39 is 42.2 Å². The fourth-order valence-corrected chi connectivity index (χ4v) is 3.01. The second kappa shape index (κ2) is 8.43. The van der Waals surface area contributed by atoms with Gasteiger partial charge in [0.25, 0.3) is 11.8 Å². The molecule has 0 saturated carbocycles. The van der Waals surface area contributed by atoms with Crippen molar-refractivity contribution in [2.24, 2.45) is 5.73 Å². The van der Waals surface area contributed by atoms with Crippen molar-refractivity contribution in [2.45, 2.75) is 19.0 Å². The quantitative estimate of drug-likeness (QED) is 0.573. The number of nitrogens with zero attached hydrogens (tertiary/aromatic N) is 2. The number of benzene rings is 2. The molecule has 0 spiro atoms. The lowest BCUT2D eigenvalue weighted by molar-refractivity contribution is -0.141. The molecule has 0 aliphatic carbocycles. The molecule has 2 aromatic carbocycles. The van der Waals surface area contributed by atoms with E-state index in [1.807, 2.05) is 0 Å². The minimum Gasteiger partial charge on any atom is -0.480 e. The van der Waals surface area contributed by atoms with E-state index in [9.17, 15) is 29.1 Å². The lowest BCUT2D eigenvalue weighted by atomic mass is 10.1. The number of nitrogens with one attached hydrogen (secondary N) is 1. The minimum absolute atomic E-state index is 0.125. The molecule has 10 heteroatoms. The first-order valence-electron chi connectivity index (χ1n) is 8.90. The van der Waals surface area contributed by atoms with Crippen molar-refractivity contribution in [3.63, 3.8) is 0 Å². The van der Waals surface area contributed by atoms with Crippen LogP contribution in [0.5, 0.6) is 0 Å². The van der Waals surface area contributed by atoms with Crippen molar-refractivity contribution in [1.29, 1.82) is 0 Å². The molecule has 1 aliphatic heterocycles. The molecule has 1 atom stereocenters. The van der Waals surface area contributed by atoms with Crippen LogP contribution in [0.15, 0.2) is 54.6 Å². The molecule has 154 valence electrons. The number of hydrogen-bond donors (Lipinski definition) is 3. The molecule has 0 unspecified atom stereocenters. The molecule has 1 heterocycles. The lowest BCUT2D eigenvalue weighted by Gasteiger charge is -2.31. The van der Waals surface area contributed by atoms with Gasteiger partial charge in [-0.2, -0.15) is 5.01 Å². The third-order valence-electron chi connectivity index (χ3n) is 4.42. The Balaban J connectivity index is 1.94. The first-order valence-corrected chi connectivity index (χ1v) is 8.90. The third-order valence-corrected chi connectivity index (χ3v) is 4.42. The lowest BCUT2D eigenvalue weighted by Crippen LogP contribution is -2.56. The maximum absolute atomic E-state index is 12.9. The number of carboxylic acid groups (broad SMARTS) is 1. The summed E-state index contributed by atoms with van der Waals surface area (Å²) in [5, 5.41) is 12.9. The van der Waals surface area contributed by atoms with Gasteiger partial charge in [0, 0.05) is 0 Å². The third kappa shape index (κ3) is 4.12. The number of imide groups is 1. The molecule has 3 rings (SSSR count). The van der Waals surface area contributed by atoms with Crippen LogP contribution in [0.1, 0.15) is 32.7 Å². The number of hydrazine groups is 1. The molecule has 4 N–H and O–H groups in total. The SMILES string of the molecule is NC(=O)C[C@H](NC(=O)N(Cc1ccccc1)N1C(=O)c2ccccc2C1=O)C(=O)O. The summed E-state index contributed by atoms with van der Waals surface area (Å²) in [7, 11) is 0. The average molecular weight is 410 g/mol. The summed E-state index contributed by atoms with van der Waals surface area (Å²) in [6, 6.07) is 12.0. The van der Waals surface area contributed by atoms with E-state index in [2.05, 4.69) is 5.32 Å². The van der Waals surface area contributed by atoms with Gasteiger partial charge in [-0.1, -0.05) is 42.5 Å². The highest BCUT2D eigenvalue weighted by Crippen LogP contribution is 2.25. The first kappa shape index (κ1) is 20.5. The van der Waals surface area contributed by atoms with E-state index in [0.29, 0.717) is 10.6 Å². The Hall–Kier alpha value is -4.21. The van der Waals surface area contributed by atoms with Crippen LogP contribution in [0.25, 0.3) is 0 Å². The zero-order chi connectivity index (χ0) is 21.8. The smallest absolute Gasteiger partial charge is 0.337 e. The first-order chi connectivity index (χ1) is 14.3. The molecule has 0 saturated heterocycles. The molecule has 5 amide bonds. The zero-order valence-electron chi connectivity index (χ0n) is 15.6. The van der Waals surface area contributed by atoms with Crippen molar-refractivity contribution in [3.8, 4) is 0 Å². The van der Waals surface area contributed by atoms with Gasteiger partial charge in [-0.05, 0) is 17.7 Å². The number of carboxylic acids is 1. The van der Waals surface area contributed by atoms with Gasteiger partial charge < -0.3 is 16.2 Å². The van der Waals surface area contributed by atoms with E-state index >= 15 is 0 Å². The number of aliphatic carboxylic acids is 1. The highest BCUT2D eigenvalue weighted by atomic mass is 16.4. The molecule has 2 aromatic rings. The van der Waals surface area contributed by atoms with Crippen LogP contribution >= 0.6 is 0 Å². The van der Waals surface area contributed by atoms with E-state index in [-0.39, 0.29) is 17.7 Å². The van der Waals surface area contributed by atoms with E-state index in [4.69, 9.17) is 5.73 Å². The van der Waals surface area contributed by atoms with Gasteiger partial charge in [-0.3, -0.25) is 14.4 Å². The summed E-state index contributed by atoms with van der Waals surface area (Å²) in [5.74, 6) is -3.85. The summed E-state index contributed by atoms with van der Waals surface area (Å²) < 4.78 is 0. The van der Waals surface area contributed by atoms with Crippen molar-refractivity contribution in [2.75, 3.05) is 0 Å². The van der Waals surface area contributed by atoms with Crippen LogP contribution in [-0.2, 0) is 16.1 Å². The van der Waals surface area contributed by atoms with E-state index in [1.165, 1.54) is 12.1 Å². The van der Waals surface area contributed by atoms with Gasteiger partial charge in [0.05, 0.1) is 24.1 Å². The molecule has 0 fully saturated rings. The van der Waals surface area contributed by atoms with Crippen LogP contribution in [0.3, 0.4) is 0 Å². The summed E-state index contributed by atoms with van der Waals surface area (Å²) >= 11 is 0. The Bertz CT molecular complexity index is 988. The van der Waals surface area contributed by atoms with Crippen LogP contribution in [0.2, 0.25) is 0 Å². The van der Waals surface area contributed by atoms with E-state index in [1.54, 1.807) is 42.5 Å². The highest BCUT2D eigenvalue weighted by Gasteiger charge is 2.42. The van der Waals surface area contributed by atoms with Gasteiger partial charge in [0.15, 0.2) is 0 Å². The van der Waals surface area contributed by atoms with Crippen LogP contribution in [0, 0.1) is 0 Å². The zero-order valence-corrected chi connectivity index (χ0v) is 15.6. The maximum atomic E-state index is 12.9. The standard InChI is InChI=1S/C20H18N4O6/c21-16(25)10-15(19(28)29)22-20(30)23(11-12-6-2-1-3-7-12)24-17(26)13-8-4-5-9-14(13)18(24)27/h1-9,15H,10-11H2,(H2,21,25)(H,22,30)(H,28,29)/t15-/m0/s1. The van der Waals surface area contributed by atoms with Crippen molar-refractivity contribution < 1.29 is 29.1 Å². The van der Waals surface area contributed by atoms with Gasteiger partial charge in [0.1, 0.15) is 6.04 Å². The maximum Gasteiger partial charge on any atom is 0.337 e. The average Bonchev–Trinajstić information content (AvgIpc) is 2.97. The molecule has 0 aromatic heterocycles. The number of nitrogens with two attached hydrogens (primary N) is 1. The minimum atomic E-state index is -1.62. The van der Waals surface area contributed by atoms with Crippen LogP contribution in [0.4, 0.5) is 4.79 Å². The summed E-state index contributed by atoms with van der Waals surface area (Å²) in [6.45, 7) is -0.193. The highest BCUT2D eigenvalue weighted by molar-refractivity contribution is 6.21. The number of carbonyl (C=O) groups excluding carboxylic acids is 4. The second-order valence-electron chi connectivity index (χ2n) is 6.52. The predicted molar refractivity (Wildman–Crippen MR) is 103 cm³/mol. The van der Waals surface area contributed by atoms with Crippen molar-refractivity contribution >= 4 is 29.7 Å². The Morgan fingerprint density at radius 1 is 0.967 bits per heavy atom. The Kier molecular flexibility index (Phi) is 5.77.